The van der Waals surface area contributed by atoms with Gasteiger partial charge in [0.2, 0.25) is 11.8 Å². The lowest BCUT2D eigenvalue weighted by Crippen LogP contribution is -2.33. The molecule has 1 rings (SSSR count). The smallest absolute Gasteiger partial charge is 0.245 e. The summed E-state index contributed by atoms with van der Waals surface area (Å²) in [6, 6.07) is 3.58. The number of anilines is 1. The Hall–Kier alpha value is -1.91. The summed E-state index contributed by atoms with van der Waals surface area (Å²) in [5, 5.41) is 2.61. The molecular formula is C11H15N3O2. The summed E-state index contributed by atoms with van der Waals surface area (Å²) in [4.78, 5) is 27.7. The molecule has 1 aromatic rings. The SMILES string of the molecule is CC(=O)N(C)CC(=O)Nc1ccc(C)cn1. The van der Waals surface area contributed by atoms with E-state index in [-0.39, 0.29) is 18.4 Å². The third-order valence-corrected chi connectivity index (χ3v) is 2.10. The van der Waals surface area contributed by atoms with Crippen molar-refractivity contribution >= 4 is 17.6 Å². The molecule has 5 heteroatoms. The predicted molar refractivity (Wildman–Crippen MR) is 60.9 cm³/mol. The quantitative estimate of drug-likeness (QED) is 0.821. The van der Waals surface area contributed by atoms with Crippen molar-refractivity contribution in [2.45, 2.75) is 13.8 Å². The van der Waals surface area contributed by atoms with Gasteiger partial charge in [-0.3, -0.25) is 9.59 Å². The average Bonchev–Trinajstić information content (AvgIpc) is 2.21. The predicted octanol–water partition coefficient (Wildman–Crippen LogP) is 0.807. The van der Waals surface area contributed by atoms with E-state index in [1.165, 1.54) is 11.8 Å². The third-order valence-electron chi connectivity index (χ3n) is 2.10. The van der Waals surface area contributed by atoms with E-state index in [1.54, 1.807) is 19.3 Å². The van der Waals surface area contributed by atoms with Gasteiger partial charge in [0.1, 0.15) is 5.82 Å². The molecule has 0 atom stereocenters. The van der Waals surface area contributed by atoms with E-state index >= 15 is 0 Å². The van der Waals surface area contributed by atoms with Crippen LogP contribution in [0.15, 0.2) is 18.3 Å². The normalized spacial score (nSPS) is 9.69. The zero-order chi connectivity index (χ0) is 12.1. The minimum absolute atomic E-state index is 0.0326. The molecule has 5 nitrogen and oxygen atoms in total. The van der Waals surface area contributed by atoms with Gasteiger partial charge in [-0.1, -0.05) is 6.07 Å². The molecule has 16 heavy (non-hydrogen) atoms. The first-order valence-electron chi connectivity index (χ1n) is 4.93. The van der Waals surface area contributed by atoms with Crippen molar-refractivity contribution in [3.63, 3.8) is 0 Å². The number of likely N-dealkylation sites (N-methyl/N-ethyl adjacent to an activating group) is 1. The van der Waals surface area contributed by atoms with Crippen molar-refractivity contribution in [3.05, 3.63) is 23.9 Å². The molecule has 86 valence electrons. The van der Waals surface area contributed by atoms with Gasteiger partial charge in [-0.25, -0.2) is 4.98 Å². The minimum atomic E-state index is -0.256. The van der Waals surface area contributed by atoms with Gasteiger partial charge < -0.3 is 10.2 Å². The lowest BCUT2D eigenvalue weighted by molar-refractivity contribution is -0.131. The van der Waals surface area contributed by atoms with Crippen LogP contribution in [0.5, 0.6) is 0 Å². The van der Waals surface area contributed by atoms with Crippen molar-refractivity contribution in [2.24, 2.45) is 0 Å². The Balaban J connectivity index is 2.52. The maximum Gasteiger partial charge on any atom is 0.245 e. The number of pyridine rings is 1. The van der Waals surface area contributed by atoms with Crippen molar-refractivity contribution in [1.29, 1.82) is 0 Å². The number of carbonyl (C=O) groups excluding carboxylic acids is 2. The van der Waals surface area contributed by atoms with E-state index in [0.717, 1.165) is 5.56 Å². The van der Waals surface area contributed by atoms with E-state index in [1.807, 2.05) is 13.0 Å². The van der Waals surface area contributed by atoms with E-state index in [2.05, 4.69) is 10.3 Å². The molecule has 0 unspecified atom stereocenters. The maximum absolute atomic E-state index is 11.5. The molecule has 0 saturated heterocycles. The van der Waals surface area contributed by atoms with Gasteiger partial charge >= 0.3 is 0 Å². The average molecular weight is 221 g/mol. The summed E-state index contributed by atoms with van der Waals surface area (Å²) >= 11 is 0. The Bertz CT molecular complexity index is 387. The van der Waals surface area contributed by atoms with E-state index < -0.39 is 0 Å². The Morgan fingerprint density at radius 3 is 2.62 bits per heavy atom. The second-order valence-corrected chi connectivity index (χ2v) is 3.64. The van der Waals surface area contributed by atoms with Crippen LogP contribution in [0.4, 0.5) is 5.82 Å². The first-order valence-corrected chi connectivity index (χ1v) is 4.93. The summed E-state index contributed by atoms with van der Waals surface area (Å²) in [5.41, 5.74) is 1.03. The van der Waals surface area contributed by atoms with Crippen LogP contribution in [0.3, 0.4) is 0 Å². The molecular weight excluding hydrogens is 206 g/mol. The number of carbonyl (C=O) groups is 2. The zero-order valence-electron chi connectivity index (χ0n) is 9.65. The number of aromatic nitrogens is 1. The minimum Gasteiger partial charge on any atom is -0.337 e. The van der Waals surface area contributed by atoms with Crippen LogP contribution in [-0.4, -0.2) is 35.3 Å². The number of amides is 2. The van der Waals surface area contributed by atoms with E-state index in [4.69, 9.17) is 0 Å². The Morgan fingerprint density at radius 2 is 2.12 bits per heavy atom. The molecule has 0 aromatic carbocycles. The molecule has 0 aliphatic carbocycles. The highest BCUT2D eigenvalue weighted by molar-refractivity contribution is 5.93. The van der Waals surface area contributed by atoms with Gasteiger partial charge in [0.25, 0.3) is 0 Å². The molecule has 0 spiro atoms. The van der Waals surface area contributed by atoms with Crippen LogP contribution in [-0.2, 0) is 9.59 Å². The number of hydrogen-bond donors (Lipinski definition) is 1. The molecule has 2 amide bonds. The number of aryl methyl sites for hydroxylation is 1. The number of nitrogens with zero attached hydrogens (tertiary/aromatic N) is 2. The first kappa shape index (κ1) is 12.2. The summed E-state index contributed by atoms with van der Waals surface area (Å²) in [5.74, 6) is 0.0913. The highest BCUT2D eigenvalue weighted by Crippen LogP contribution is 2.03. The monoisotopic (exact) mass is 221 g/mol. The van der Waals surface area contributed by atoms with Gasteiger partial charge in [0, 0.05) is 20.2 Å². The van der Waals surface area contributed by atoms with Crippen molar-refractivity contribution in [1.82, 2.24) is 9.88 Å². The molecule has 1 heterocycles. The molecule has 1 aromatic heterocycles. The first-order chi connectivity index (χ1) is 7.49. The maximum atomic E-state index is 11.5. The highest BCUT2D eigenvalue weighted by Gasteiger charge is 2.09. The summed E-state index contributed by atoms with van der Waals surface area (Å²) in [6.07, 6.45) is 1.67. The molecule has 0 fully saturated rings. The fourth-order valence-electron chi connectivity index (χ4n) is 1.05. The topological polar surface area (TPSA) is 62.3 Å². The lowest BCUT2D eigenvalue weighted by Gasteiger charge is -2.13. The molecule has 0 aliphatic heterocycles. The van der Waals surface area contributed by atoms with Crippen LogP contribution in [0.2, 0.25) is 0 Å². The van der Waals surface area contributed by atoms with Crippen LogP contribution in [0.1, 0.15) is 12.5 Å². The van der Waals surface area contributed by atoms with Gasteiger partial charge in [-0.05, 0) is 18.6 Å². The van der Waals surface area contributed by atoms with Crippen molar-refractivity contribution in [3.8, 4) is 0 Å². The number of hydrogen-bond acceptors (Lipinski definition) is 3. The van der Waals surface area contributed by atoms with E-state index in [0.29, 0.717) is 5.82 Å². The Morgan fingerprint density at radius 1 is 1.44 bits per heavy atom. The Kier molecular flexibility index (Phi) is 3.99. The fourth-order valence-corrected chi connectivity index (χ4v) is 1.05. The molecule has 1 N–H and O–H groups in total. The Labute approximate surface area is 94.5 Å². The van der Waals surface area contributed by atoms with Crippen LogP contribution < -0.4 is 5.32 Å². The summed E-state index contributed by atoms with van der Waals surface area (Å²) in [7, 11) is 1.57. The van der Waals surface area contributed by atoms with Gasteiger partial charge in [0.05, 0.1) is 6.54 Å². The fraction of sp³-hybridized carbons (Fsp3) is 0.364. The molecule has 0 radical (unpaired) electrons. The van der Waals surface area contributed by atoms with Crippen molar-refractivity contribution < 1.29 is 9.59 Å². The highest BCUT2D eigenvalue weighted by atomic mass is 16.2. The number of rotatable bonds is 3. The number of nitrogens with one attached hydrogen (secondary N) is 1. The third kappa shape index (κ3) is 3.68. The van der Waals surface area contributed by atoms with Crippen molar-refractivity contribution in [2.75, 3.05) is 18.9 Å². The standard InChI is InChI=1S/C11H15N3O2/c1-8-4-5-10(12-6-8)13-11(16)7-14(3)9(2)15/h4-6H,7H2,1-3H3,(H,12,13,16). The second-order valence-electron chi connectivity index (χ2n) is 3.64. The van der Waals surface area contributed by atoms with E-state index in [9.17, 15) is 9.59 Å². The summed E-state index contributed by atoms with van der Waals surface area (Å²) in [6.45, 7) is 3.37. The molecule has 0 saturated carbocycles. The molecule has 0 aliphatic rings. The van der Waals surface area contributed by atoms with Crippen LogP contribution in [0.25, 0.3) is 0 Å². The zero-order valence-corrected chi connectivity index (χ0v) is 9.65. The van der Waals surface area contributed by atoms with Gasteiger partial charge in [0.15, 0.2) is 0 Å². The molecule has 0 bridgehead atoms. The second kappa shape index (κ2) is 5.25. The van der Waals surface area contributed by atoms with Gasteiger partial charge in [-0.2, -0.15) is 0 Å². The van der Waals surface area contributed by atoms with Gasteiger partial charge in [-0.15, -0.1) is 0 Å². The van der Waals surface area contributed by atoms with Crippen LogP contribution >= 0.6 is 0 Å². The van der Waals surface area contributed by atoms with Crippen LogP contribution in [0, 0.1) is 6.92 Å². The largest absolute Gasteiger partial charge is 0.337 e. The lowest BCUT2D eigenvalue weighted by atomic mass is 10.3. The summed E-state index contributed by atoms with van der Waals surface area (Å²) < 4.78 is 0.